The van der Waals surface area contributed by atoms with Crippen molar-refractivity contribution in [3.8, 4) is 6.07 Å². The van der Waals surface area contributed by atoms with Crippen molar-refractivity contribution in [1.82, 2.24) is 4.98 Å². The van der Waals surface area contributed by atoms with E-state index in [-0.39, 0.29) is 12.0 Å². The molecule has 0 amide bonds. The topological polar surface area (TPSA) is 77.2 Å². The second kappa shape index (κ2) is 3.98. The Morgan fingerprint density at radius 1 is 1.50 bits per heavy atom. The number of pyridine rings is 1. The van der Waals surface area contributed by atoms with E-state index in [0.717, 1.165) is 24.9 Å². The highest BCUT2D eigenvalue weighted by Crippen LogP contribution is 2.44. The number of hydrogen-bond acceptors (Lipinski definition) is 4. The molecule has 1 aromatic rings. The molecule has 1 N–H and O–H groups in total. The first-order chi connectivity index (χ1) is 8.70. The molecule has 2 aliphatic heterocycles. The fourth-order valence-corrected chi connectivity index (χ4v) is 3.26. The molecule has 2 fully saturated rings. The molecule has 0 aliphatic carbocycles. The first kappa shape index (κ1) is 11.0. The summed E-state index contributed by atoms with van der Waals surface area (Å²) in [6.07, 6.45) is 4.38. The largest absolute Gasteiger partial charge is 0.481 e. The molecule has 18 heavy (non-hydrogen) atoms. The minimum atomic E-state index is -0.700. The highest BCUT2D eigenvalue weighted by atomic mass is 16.4. The van der Waals surface area contributed by atoms with Crippen LogP contribution in [0.3, 0.4) is 0 Å². The van der Waals surface area contributed by atoms with Gasteiger partial charge in [0.2, 0.25) is 0 Å². The quantitative estimate of drug-likeness (QED) is 0.849. The number of carboxylic acid groups (broad SMARTS) is 1. The molecule has 2 aliphatic rings. The number of anilines is 1. The minimum absolute atomic E-state index is 0.0854. The molecular weight excluding hydrogens is 230 g/mol. The molecule has 3 rings (SSSR count). The van der Waals surface area contributed by atoms with Crippen LogP contribution in [0.15, 0.2) is 18.3 Å². The number of hydrogen-bond donors (Lipinski definition) is 1. The van der Waals surface area contributed by atoms with Gasteiger partial charge in [0, 0.05) is 12.1 Å². The van der Waals surface area contributed by atoms with Gasteiger partial charge in [-0.3, -0.25) is 4.79 Å². The second-order valence-electron chi connectivity index (χ2n) is 4.90. The molecule has 1 aromatic heterocycles. The molecule has 0 spiro atoms. The molecule has 5 nitrogen and oxygen atoms in total. The zero-order valence-corrected chi connectivity index (χ0v) is 9.78. The zero-order chi connectivity index (χ0) is 12.7. The average molecular weight is 243 g/mol. The lowest BCUT2D eigenvalue weighted by molar-refractivity contribution is -0.142. The van der Waals surface area contributed by atoms with E-state index in [0.29, 0.717) is 11.7 Å². The highest BCUT2D eigenvalue weighted by molar-refractivity contribution is 5.74. The third-order valence-electron chi connectivity index (χ3n) is 4.01. The van der Waals surface area contributed by atoms with Gasteiger partial charge in [-0.15, -0.1) is 0 Å². The Kier molecular flexibility index (Phi) is 2.44. The van der Waals surface area contributed by atoms with E-state index in [1.165, 1.54) is 0 Å². The normalized spacial score (nSPS) is 29.3. The van der Waals surface area contributed by atoms with E-state index >= 15 is 0 Å². The Balaban J connectivity index is 1.89. The van der Waals surface area contributed by atoms with Crippen molar-refractivity contribution in [2.45, 2.75) is 31.3 Å². The summed E-state index contributed by atoms with van der Waals surface area (Å²) in [4.78, 5) is 17.4. The van der Waals surface area contributed by atoms with E-state index in [9.17, 15) is 9.90 Å². The van der Waals surface area contributed by atoms with Gasteiger partial charge in [0.1, 0.15) is 11.8 Å². The van der Waals surface area contributed by atoms with Crippen molar-refractivity contribution in [1.29, 1.82) is 5.26 Å². The fourth-order valence-electron chi connectivity index (χ4n) is 3.26. The SMILES string of the molecule is N#Cc1ccc(N2C3CCC2C(C(=O)O)C3)cn1. The number of carbonyl (C=O) groups is 1. The molecule has 92 valence electrons. The Morgan fingerprint density at radius 2 is 2.33 bits per heavy atom. The van der Waals surface area contributed by atoms with Crippen LogP contribution in [0.1, 0.15) is 25.0 Å². The van der Waals surface area contributed by atoms with Gasteiger partial charge in [-0.1, -0.05) is 0 Å². The summed E-state index contributed by atoms with van der Waals surface area (Å²) in [6.45, 7) is 0. The standard InChI is InChI=1S/C13H13N3O2/c14-6-8-1-2-10(7-15-8)16-9-3-4-12(16)11(5-9)13(17)18/h1-2,7,9,11-12H,3-5H2,(H,17,18). The van der Waals surface area contributed by atoms with Gasteiger partial charge in [0.05, 0.1) is 17.8 Å². The third kappa shape index (κ3) is 1.53. The van der Waals surface area contributed by atoms with Crippen LogP contribution in [0.4, 0.5) is 5.69 Å². The summed E-state index contributed by atoms with van der Waals surface area (Å²) in [5.41, 5.74) is 1.32. The summed E-state index contributed by atoms with van der Waals surface area (Å²) in [5.74, 6) is -0.965. The summed E-state index contributed by atoms with van der Waals surface area (Å²) in [5, 5.41) is 17.9. The van der Waals surface area contributed by atoms with Crippen molar-refractivity contribution in [2.24, 2.45) is 5.92 Å². The third-order valence-corrected chi connectivity index (χ3v) is 4.01. The van der Waals surface area contributed by atoms with Crippen molar-refractivity contribution >= 4 is 11.7 Å². The van der Waals surface area contributed by atoms with E-state index < -0.39 is 5.97 Å². The molecule has 0 aromatic carbocycles. The van der Waals surface area contributed by atoms with Crippen molar-refractivity contribution < 1.29 is 9.90 Å². The van der Waals surface area contributed by atoms with Crippen LogP contribution in [0, 0.1) is 17.2 Å². The van der Waals surface area contributed by atoms with Crippen molar-refractivity contribution in [3.05, 3.63) is 24.0 Å². The maximum atomic E-state index is 11.2. The van der Waals surface area contributed by atoms with Crippen LogP contribution in [0.25, 0.3) is 0 Å². The molecule has 5 heteroatoms. The molecule has 3 unspecified atom stereocenters. The molecule has 3 atom stereocenters. The first-order valence-electron chi connectivity index (χ1n) is 6.08. The maximum Gasteiger partial charge on any atom is 0.308 e. The van der Waals surface area contributed by atoms with Gasteiger partial charge in [0.25, 0.3) is 0 Å². The van der Waals surface area contributed by atoms with Gasteiger partial charge >= 0.3 is 5.97 Å². The van der Waals surface area contributed by atoms with Crippen LogP contribution in [0.2, 0.25) is 0 Å². The summed E-state index contributed by atoms with van der Waals surface area (Å²) in [6, 6.07) is 5.93. The van der Waals surface area contributed by atoms with Gasteiger partial charge in [-0.2, -0.15) is 5.26 Å². The first-order valence-corrected chi connectivity index (χ1v) is 6.08. The summed E-state index contributed by atoms with van der Waals surface area (Å²) < 4.78 is 0. The van der Waals surface area contributed by atoms with Crippen LogP contribution in [-0.2, 0) is 4.79 Å². The number of fused-ring (bicyclic) bond motifs is 2. The van der Waals surface area contributed by atoms with Crippen LogP contribution >= 0.6 is 0 Å². The number of carboxylic acids is 1. The second-order valence-corrected chi connectivity index (χ2v) is 4.90. The molecule has 2 bridgehead atoms. The number of aromatic nitrogens is 1. The van der Waals surface area contributed by atoms with Gasteiger partial charge in [0.15, 0.2) is 0 Å². The average Bonchev–Trinajstić information content (AvgIpc) is 2.96. The van der Waals surface area contributed by atoms with Gasteiger partial charge in [-0.05, 0) is 31.4 Å². The van der Waals surface area contributed by atoms with Crippen molar-refractivity contribution in [3.63, 3.8) is 0 Å². The Bertz CT molecular complexity index is 520. The number of nitrogens with zero attached hydrogens (tertiary/aromatic N) is 3. The predicted octanol–water partition coefficient (Wildman–Crippen LogP) is 1.40. The number of nitriles is 1. The summed E-state index contributed by atoms with van der Waals surface area (Å²) >= 11 is 0. The Hall–Kier alpha value is -2.09. The van der Waals surface area contributed by atoms with Crippen LogP contribution in [0.5, 0.6) is 0 Å². The molecule has 0 saturated carbocycles. The molecular formula is C13H13N3O2. The summed E-state index contributed by atoms with van der Waals surface area (Å²) in [7, 11) is 0. The fraction of sp³-hybridized carbons (Fsp3) is 0.462. The lowest BCUT2D eigenvalue weighted by atomic mass is 9.89. The Morgan fingerprint density at radius 3 is 2.89 bits per heavy atom. The van der Waals surface area contributed by atoms with E-state index in [4.69, 9.17) is 5.26 Å². The van der Waals surface area contributed by atoms with Crippen molar-refractivity contribution in [2.75, 3.05) is 4.90 Å². The number of rotatable bonds is 2. The van der Waals surface area contributed by atoms with E-state index in [1.54, 1.807) is 12.3 Å². The smallest absolute Gasteiger partial charge is 0.308 e. The number of aliphatic carboxylic acids is 1. The lowest BCUT2D eigenvalue weighted by Crippen LogP contribution is -2.32. The van der Waals surface area contributed by atoms with Gasteiger partial charge < -0.3 is 10.0 Å². The van der Waals surface area contributed by atoms with E-state index in [2.05, 4.69) is 9.88 Å². The zero-order valence-electron chi connectivity index (χ0n) is 9.78. The molecule has 2 saturated heterocycles. The van der Waals surface area contributed by atoms with Crippen LogP contribution in [-0.4, -0.2) is 28.1 Å². The molecule has 0 radical (unpaired) electrons. The highest BCUT2D eigenvalue weighted by Gasteiger charge is 2.49. The monoisotopic (exact) mass is 243 g/mol. The Labute approximate surface area is 105 Å². The minimum Gasteiger partial charge on any atom is -0.481 e. The maximum absolute atomic E-state index is 11.2. The molecule has 3 heterocycles. The van der Waals surface area contributed by atoms with Gasteiger partial charge in [-0.25, -0.2) is 4.98 Å². The lowest BCUT2D eigenvalue weighted by Gasteiger charge is -2.24. The predicted molar refractivity (Wildman–Crippen MR) is 64.0 cm³/mol. The van der Waals surface area contributed by atoms with E-state index in [1.807, 2.05) is 12.1 Å². The van der Waals surface area contributed by atoms with Crippen LogP contribution < -0.4 is 4.90 Å².